The van der Waals surface area contributed by atoms with E-state index < -0.39 is 0 Å². The van der Waals surface area contributed by atoms with Gasteiger partial charge in [-0.1, -0.05) is 36.4 Å². The van der Waals surface area contributed by atoms with Gasteiger partial charge in [0, 0.05) is 49.4 Å². The summed E-state index contributed by atoms with van der Waals surface area (Å²) in [5.74, 6) is 0.373. The minimum Gasteiger partial charge on any atom is -0.379 e. The van der Waals surface area contributed by atoms with Crippen molar-refractivity contribution in [3.05, 3.63) is 89.6 Å². The van der Waals surface area contributed by atoms with Crippen LogP contribution in [0.2, 0.25) is 0 Å². The Morgan fingerprint density at radius 3 is 2.81 bits per heavy atom. The van der Waals surface area contributed by atoms with Crippen molar-refractivity contribution in [2.24, 2.45) is 0 Å². The molecule has 5 aromatic rings. The van der Waals surface area contributed by atoms with Crippen molar-refractivity contribution >= 4 is 23.2 Å². The number of hydrogen-bond acceptors (Lipinski definition) is 5. The van der Waals surface area contributed by atoms with Crippen LogP contribution in [0.3, 0.4) is 0 Å². The number of pyridine rings is 1. The van der Waals surface area contributed by atoms with E-state index in [1.165, 1.54) is 17.7 Å². The number of hydrogen-bond donors (Lipinski definition) is 2. The molecule has 0 unspecified atom stereocenters. The molecule has 3 aromatic heterocycles. The molecule has 0 radical (unpaired) electrons. The molecule has 0 saturated carbocycles. The van der Waals surface area contributed by atoms with Gasteiger partial charge in [0.15, 0.2) is 5.82 Å². The van der Waals surface area contributed by atoms with Gasteiger partial charge in [0.05, 0.1) is 24.2 Å². The number of nitrogens with one attached hydrogen (secondary N) is 2. The molecule has 2 N–H and O–H groups in total. The second-order valence-electron chi connectivity index (χ2n) is 8.84. The van der Waals surface area contributed by atoms with Gasteiger partial charge >= 0.3 is 0 Å². The summed E-state index contributed by atoms with van der Waals surface area (Å²) in [6.07, 6.45) is 9.66. The summed E-state index contributed by atoms with van der Waals surface area (Å²) in [5, 5.41) is 7.39. The number of aromatic amines is 2. The molecule has 0 atom stereocenters. The largest absolute Gasteiger partial charge is 0.379 e. The number of imidazole rings is 1. The molecular formula is C28H25FN6O. The SMILES string of the molecule is Fc1cccc(-c2cccc3[nH]c(-c4n[nH]cc4C=Cc4cncc(CN5CCOCC5)c4)nc23)c1. The van der Waals surface area contributed by atoms with Crippen molar-refractivity contribution < 1.29 is 9.13 Å². The van der Waals surface area contributed by atoms with Crippen LogP contribution in [0.25, 0.3) is 45.8 Å². The lowest BCUT2D eigenvalue weighted by atomic mass is 10.0. The minimum atomic E-state index is -0.275. The van der Waals surface area contributed by atoms with E-state index in [1.54, 1.807) is 6.07 Å². The molecule has 0 aliphatic carbocycles. The Morgan fingerprint density at radius 2 is 1.92 bits per heavy atom. The van der Waals surface area contributed by atoms with E-state index in [0.29, 0.717) is 11.5 Å². The third kappa shape index (κ3) is 4.68. The van der Waals surface area contributed by atoms with Crippen molar-refractivity contribution in [3.8, 4) is 22.6 Å². The van der Waals surface area contributed by atoms with Crippen molar-refractivity contribution in [1.29, 1.82) is 0 Å². The predicted octanol–water partition coefficient (Wildman–Crippen LogP) is 5.16. The van der Waals surface area contributed by atoms with Gasteiger partial charge in [0.2, 0.25) is 0 Å². The maximum atomic E-state index is 13.8. The highest BCUT2D eigenvalue weighted by Crippen LogP contribution is 2.30. The summed E-state index contributed by atoms with van der Waals surface area (Å²) in [6, 6.07) is 14.6. The quantitative estimate of drug-likeness (QED) is 0.351. The van der Waals surface area contributed by atoms with Crippen LogP contribution in [0.4, 0.5) is 4.39 Å². The zero-order valence-electron chi connectivity index (χ0n) is 19.6. The smallest absolute Gasteiger partial charge is 0.159 e. The Hall–Kier alpha value is -4.14. The Balaban J connectivity index is 1.27. The molecule has 0 bridgehead atoms. The predicted molar refractivity (Wildman–Crippen MR) is 138 cm³/mol. The molecule has 1 aliphatic rings. The summed E-state index contributed by atoms with van der Waals surface area (Å²) in [7, 11) is 0. The highest BCUT2D eigenvalue weighted by atomic mass is 19.1. The first-order valence-electron chi connectivity index (χ1n) is 11.9. The van der Waals surface area contributed by atoms with Crippen LogP contribution < -0.4 is 0 Å². The Labute approximate surface area is 207 Å². The first kappa shape index (κ1) is 22.3. The standard InChI is InChI=1S/C28H25FN6O/c29-23-4-1-3-21(14-23)24-5-2-6-25-27(24)33-28(32-25)26-22(17-31-34-26)8-7-19-13-20(16-30-15-19)18-35-9-11-36-12-10-35/h1-8,13-17H,9-12,18H2,(H,31,34)(H,32,33). The molecule has 4 heterocycles. The number of rotatable bonds is 6. The monoisotopic (exact) mass is 480 g/mol. The third-order valence-electron chi connectivity index (χ3n) is 6.32. The lowest BCUT2D eigenvalue weighted by Gasteiger charge is -2.26. The average molecular weight is 481 g/mol. The highest BCUT2D eigenvalue weighted by molar-refractivity contribution is 5.94. The van der Waals surface area contributed by atoms with Gasteiger partial charge in [0.1, 0.15) is 11.5 Å². The molecule has 36 heavy (non-hydrogen) atoms. The van der Waals surface area contributed by atoms with Crippen LogP contribution >= 0.6 is 0 Å². The van der Waals surface area contributed by atoms with E-state index in [2.05, 4.69) is 31.1 Å². The summed E-state index contributed by atoms with van der Waals surface area (Å²) < 4.78 is 19.3. The molecule has 0 amide bonds. The third-order valence-corrected chi connectivity index (χ3v) is 6.32. The van der Waals surface area contributed by atoms with E-state index in [0.717, 1.165) is 66.1 Å². The topological polar surface area (TPSA) is 82.7 Å². The summed E-state index contributed by atoms with van der Waals surface area (Å²) in [5.41, 5.74) is 7.10. The van der Waals surface area contributed by atoms with Gasteiger partial charge in [-0.3, -0.25) is 15.0 Å². The van der Waals surface area contributed by atoms with Crippen LogP contribution in [0.15, 0.2) is 67.1 Å². The van der Waals surface area contributed by atoms with Gasteiger partial charge in [-0.15, -0.1) is 0 Å². The van der Waals surface area contributed by atoms with Crippen molar-refractivity contribution in [3.63, 3.8) is 0 Å². The zero-order chi connectivity index (χ0) is 24.3. The number of nitrogens with zero attached hydrogens (tertiary/aromatic N) is 4. The number of ether oxygens (including phenoxy) is 1. The molecule has 2 aromatic carbocycles. The average Bonchev–Trinajstić information content (AvgIpc) is 3.55. The minimum absolute atomic E-state index is 0.275. The molecule has 1 fully saturated rings. The van der Waals surface area contributed by atoms with Crippen molar-refractivity contribution in [1.82, 2.24) is 30.0 Å². The van der Waals surface area contributed by atoms with Gasteiger partial charge in [-0.2, -0.15) is 5.10 Å². The fraction of sp³-hybridized carbons (Fsp3) is 0.179. The van der Waals surface area contributed by atoms with E-state index in [-0.39, 0.29) is 5.82 Å². The van der Waals surface area contributed by atoms with E-state index in [1.807, 2.05) is 55.0 Å². The molecule has 7 nitrogen and oxygen atoms in total. The van der Waals surface area contributed by atoms with Crippen LogP contribution in [0, 0.1) is 5.82 Å². The number of para-hydroxylation sites is 1. The first-order chi connectivity index (χ1) is 17.7. The number of H-pyrrole nitrogens is 2. The Bertz CT molecular complexity index is 1530. The lowest BCUT2D eigenvalue weighted by Crippen LogP contribution is -2.35. The molecule has 180 valence electrons. The number of halogens is 1. The maximum absolute atomic E-state index is 13.8. The lowest BCUT2D eigenvalue weighted by molar-refractivity contribution is 0.0341. The highest BCUT2D eigenvalue weighted by Gasteiger charge is 2.15. The van der Waals surface area contributed by atoms with Crippen LogP contribution in [-0.4, -0.2) is 56.4 Å². The number of benzene rings is 2. The van der Waals surface area contributed by atoms with Gasteiger partial charge in [-0.25, -0.2) is 9.37 Å². The van der Waals surface area contributed by atoms with E-state index in [4.69, 9.17) is 9.72 Å². The molecule has 6 rings (SSSR count). The fourth-order valence-corrected chi connectivity index (χ4v) is 4.54. The van der Waals surface area contributed by atoms with E-state index >= 15 is 0 Å². The van der Waals surface area contributed by atoms with Crippen LogP contribution in [0.1, 0.15) is 16.7 Å². The molecule has 8 heteroatoms. The van der Waals surface area contributed by atoms with E-state index in [9.17, 15) is 4.39 Å². The molecule has 0 spiro atoms. The second kappa shape index (κ2) is 9.85. The number of morpholine rings is 1. The fourth-order valence-electron chi connectivity index (χ4n) is 4.54. The summed E-state index contributed by atoms with van der Waals surface area (Å²) in [4.78, 5) is 15.0. The van der Waals surface area contributed by atoms with Gasteiger partial charge in [-0.05, 0) is 41.0 Å². The van der Waals surface area contributed by atoms with Gasteiger partial charge < -0.3 is 9.72 Å². The number of aromatic nitrogens is 5. The number of fused-ring (bicyclic) bond motifs is 1. The van der Waals surface area contributed by atoms with Crippen molar-refractivity contribution in [2.75, 3.05) is 26.3 Å². The molecule has 1 saturated heterocycles. The molecule has 1 aliphatic heterocycles. The normalized spacial score (nSPS) is 14.7. The van der Waals surface area contributed by atoms with Gasteiger partial charge in [0.25, 0.3) is 0 Å². The molecular weight excluding hydrogens is 455 g/mol. The summed E-state index contributed by atoms with van der Waals surface area (Å²) >= 11 is 0. The maximum Gasteiger partial charge on any atom is 0.159 e. The Kier molecular flexibility index (Phi) is 6.11. The first-order valence-corrected chi connectivity index (χ1v) is 11.9. The van der Waals surface area contributed by atoms with Crippen molar-refractivity contribution in [2.45, 2.75) is 6.54 Å². The zero-order valence-corrected chi connectivity index (χ0v) is 19.6. The van der Waals surface area contributed by atoms with Crippen LogP contribution in [-0.2, 0) is 11.3 Å². The summed E-state index contributed by atoms with van der Waals surface area (Å²) in [6.45, 7) is 4.30. The second-order valence-corrected chi connectivity index (χ2v) is 8.84. The van der Waals surface area contributed by atoms with Crippen LogP contribution in [0.5, 0.6) is 0 Å². The Morgan fingerprint density at radius 1 is 1.03 bits per heavy atom.